The van der Waals surface area contributed by atoms with Crippen LogP contribution in [0.1, 0.15) is 48.4 Å². The molecule has 2 amide bonds. The van der Waals surface area contributed by atoms with E-state index in [1.165, 1.54) is 0 Å². The molecule has 26 heavy (non-hydrogen) atoms. The number of nitrogens with zero attached hydrogens (tertiary/aromatic N) is 2. The lowest BCUT2D eigenvalue weighted by Crippen LogP contribution is -2.50. The first-order valence-corrected chi connectivity index (χ1v) is 9.32. The number of rotatable bonds is 2. The molecule has 4 atom stereocenters. The minimum Gasteiger partial charge on any atom is -0.375 e. The van der Waals surface area contributed by atoms with Gasteiger partial charge in [0.15, 0.2) is 0 Å². The average Bonchev–Trinajstić information content (AvgIpc) is 2.64. The molecule has 1 aromatic carbocycles. The molecule has 0 N–H and O–H groups in total. The number of hydrogen-bond donors (Lipinski definition) is 0. The molecule has 6 nitrogen and oxygen atoms in total. The van der Waals surface area contributed by atoms with Gasteiger partial charge in [-0.1, -0.05) is 0 Å². The Morgan fingerprint density at radius 1 is 0.769 bits per heavy atom. The molecule has 0 aliphatic carbocycles. The minimum atomic E-state index is -0.0139. The zero-order valence-electron chi connectivity index (χ0n) is 16.0. The van der Waals surface area contributed by atoms with E-state index in [9.17, 15) is 9.59 Å². The summed E-state index contributed by atoms with van der Waals surface area (Å²) in [6.07, 6.45) is 0.0848. The normalized spacial score (nSPS) is 29.5. The third kappa shape index (κ3) is 3.91. The second kappa shape index (κ2) is 7.76. The number of morpholine rings is 2. The van der Waals surface area contributed by atoms with Crippen LogP contribution in [0.25, 0.3) is 0 Å². The van der Waals surface area contributed by atoms with Crippen LogP contribution in [0.15, 0.2) is 24.3 Å². The van der Waals surface area contributed by atoms with Crippen molar-refractivity contribution in [2.24, 2.45) is 0 Å². The molecule has 2 heterocycles. The molecule has 142 valence electrons. The molecule has 2 fully saturated rings. The molecule has 0 saturated carbocycles. The number of hydrogen-bond acceptors (Lipinski definition) is 4. The van der Waals surface area contributed by atoms with Gasteiger partial charge in [0.1, 0.15) is 0 Å². The van der Waals surface area contributed by atoms with Crippen molar-refractivity contribution in [2.45, 2.75) is 52.0 Å². The Morgan fingerprint density at radius 2 is 1.12 bits per heavy atom. The van der Waals surface area contributed by atoms with Crippen molar-refractivity contribution in [1.29, 1.82) is 0 Å². The van der Waals surface area contributed by atoms with Crippen molar-refractivity contribution in [1.82, 2.24) is 9.80 Å². The molecule has 0 radical (unpaired) electrons. The summed E-state index contributed by atoms with van der Waals surface area (Å²) in [5.74, 6) is -0.0278. The maximum atomic E-state index is 12.8. The lowest BCUT2D eigenvalue weighted by molar-refractivity contribution is -0.0388. The molecule has 2 aliphatic heterocycles. The van der Waals surface area contributed by atoms with E-state index in [4.69, 9.17) is 9.47 Å². The van der Waals surface area contributed by atoms with Gasteiger partial charge < -0.3 is 19.3 Å². The van der Waals surface area contributed by atoms with Crippen LogP contribution in [0.3, 0.4) is 0 Å². The van der Waals surface area contributed by atoms with Crippen LogP contribution >= 0.6 is 0 Å². The number of ether oxygens (including phenoxy) is 2. The van der Waals surface area contributed by atoms with Crippen molar-refractivity contribution in [3.05, 3.63) is 35.4 Å². The SMILES string of the molecule is CC1CN(C(=O)c2ccc(C(=O)N3CC(C)OCC3C)cc2)C(C)CO1. The smallest absolute Gasteiger partial charge is 0.254 e. The molecule has 2 aliphatic rings. The summed E-state index contributed by atoms with van der Waals surface area (Å²) in [5.41, 5.74) is 1.21. The van der Waals surface area contributed by atoms with Crippen LogP contribution in [-0.2, 0) is 9.47 Å². The number of benzene rings is 1. The van der Waals surface area contributed by atoms with E-state index in [0.717, 1.165) is 0 Å². The number of amides is 2. The summed E-state index contributed by atoms with van der Waals surface area (Å²) in [4.78, 5) is 29.3. The zero-order chi connectivity index (χ0) is 18.8. The number of carbonyl (C=O) groups is 2. The molecule has 6 heteroatoms. The molecule has 2 saturated heterocycles. The third-order valence-electron chi connectivity index (χ3n) is 5.12. The Balaban J connectivity index is 1.71. The van der Waals surface area contributed by atoms with Gasteiger partial charge in [0.25, 0.3) is 11.8 Å². The van der Waals surface area contributed by atoms with Crippen LogP contribution in [-0.4, -0.2) is 72.2 Å². The first-order valence-electron chi connectivity index (χ1n) is 9.32. The standard InChI is InChI=1S/C20H28N2O4/c1-13-11-25-15(3)9-21(13)19(23)17-5-7-18(8-6-17)20(24)22-10-16(4)26-12-14(22)2/h5-8,13-16H,9-12H2,1-4H3. The monoisotopic (exact) mass is 360 g/mol. The number of carbonyl (C=O) groups excluding carboxylic acids is 2. The highest BCUT2D eigenvalue weighted by atomic mass is 16.5. The largest absolute Gasteiger partial charge is 0.375 e. The van der Waals surface area contributed by atoms with Crippen LogP contribution in [0.5, 0.6) is 0 Å². The molecule has 3 rings (SSSR count). The van der Waals surface area contributed by atoms with Crippen LogP contribution in [0, 0.1) is 0 Å². The van der Waals surface area contributed by atoms with E-state index >= 15 is 0 Å². The summed E-state index contributed by atoms with van der Waals surface area (Å²) in [6.45, 7) is 10.2. The Morgan fingerprint density at radius 3 is 1.46 bits per heavy atom. The van der Waals surface area contributed by atoms with Crippen molar-refractivity contribution in [3.63, 3.8) is 0 Å². The predicted octanol–water partition coefficient (Wildman–Crippen LogP) is 2.19. The molecule has 4 unspecified atom stereocenters. The fourth-order valence-electron chi connectivity index (χ4n) is 3.46. The topological polar surface area (TPSA) is 59.1 Å². The first-order chi connectivity index (χ1) is 12.4. The van der Waals surface area contributed by atoms with E-state index in [2.05, 4.69) is 0 Å². The summed E-state index contributed by atoms with van der Waals surface area (Å²) in [5, 5.41) is 0. The molecular weight excluding hydrogens is 332 g/mol. The Bertz CT molecular complexity index is 603. The average molecular weight is 360 g/mol. The van der Waals surface area contributed by atoms with E-state index in [1.54, 1.807) is 24.3 Å². The van der Waals surface area contributed by atoms with Crippen molar-refractivity contribution in [3.8, 4) is 0 Å². The second-order valence-corrected chi connectivity index (χ2v) is 7.48. The summed E-state index contributed by atoms with van der Waals surface area (Å²) in [6, 6.07) is 7.09. The highest BCUT2D eigenvalue weighted by Gasteiger charge is 2.30. The first kappa shape index (κ1) is 18.9. The lowest BCUT2D eigenvalue weighted by atomic mass is 10.1. The van der Waals surface area contributed by atoms with E-state index in [-0.39, 0.29) is 36.1 Å². The van der Waals surface area contributed by atoms with E-state index in [1.807, 2.05) is 37.5 Å². The van der Waals surface area contributed by atoms with Crippen LogP contribution in [0.4, 0.5) is 0 Å². The zero-order valence-corrected chi connectivity index (χ0v) is 16.0. The van der Waals surface area contributed by atoms with Gasteiger partial charge >= 0.3 is 0 Å². The Labute approximate surface area is 155 Å². The van der Waals surface area contributed by atoms with Gasteiger partial charge in [0.05, 0.1) is 37.5 Å². The lowest BCUT2D eigenvalue weighted by Gasteiger charge is -2.37. The third-order valence-corrected chi connectivity index (χ3v) is 5.12. The fraction of sp³-hybridized carbons (Fsp3) is 0.600. The van der Waals surface area contributed by atoms with Crippen molar-refractivity contribution in [2.75, 3.05) is 26.3 Å². The maximum Gasteiger partial charge on any atom is 0.254 e. The highest BCUT2D eigenvalue weighted by molar-refractivity contribution is 5.98. The molecule has 1 aromatic rings. The molecule has 0 spiro atoms. The van der Waals surface area contributed by atoms with Gasteiger partial charge in [-0.3, -0.25) is 9.59 Å². The van der Waals surface area contributed by atoms with E-state index < -0.39 is 0 Å². The highest BCUT2D eigenvalue weighted by Crippen LogP contribution is 2.18. The second-order valence-electron chi connectivity index (χ2n) is 7.48. The Kier molecular flexibility index (Phi) is 5.63. The van der Waals surface area contributed by atoms with Gasteiger partial charge in [-0.25, -0.2) is 0 Å². The van der Waals surface area contributed by atoms with Gasteiger partial charge in [-0.15, -0.1) is 0 Å². The van der Waals surface area contributed by atoms with E-state index in [0.29, 0.717) is 37.4 Å². The van der Waals surface area contributed by atoms with Crippen LogP contribution < -0.4 is 0 Å². The molecular formula is C20H28N2O4. The van der Waals surface area contributed by atoms with Crippen LogP contribution in [0.2, 0.25) is 0 Å². The van der Waals surface area contributed by atoms with Gasteiger partial charge in [-0.2, -0.15) is 0 Å². The quantitative estimate of drug-likeness (QED) is 0.811. The van der Waals surface area contributed by atoms with Crippen molar-refractivity contribution < 1.29 is 19.1 Å². The summed E-state index contributed by atoms with van der Waals surface area (Å²) < 4.78 is 11.2. The maximum absolute atomic E-state index is 12.8. The molecule has 0 bridgehead atoms. The van der Waals surface area contributed by atoms with Gasteiger partial charge in [0, 0.05) is 24.2 Å². The molecule has 0 aromatic heterocycles. The Hall–Kier alpha value is -1.92. The van der Waals surface area contributed by atoms with Crippen molar-refractivity contribution >= 4 is 11.8 Å². The predicted molar refractivity (Wildman–Crippen MR) is 98.3 cm³/mol. The minimum absolute atomic E-state index is 0.0139. The fourth-order valence-corrected chi connectivity index (χ4v) is 3.46. The van der Waals surface area contributed by atoms with Gasteiger partial charge in [0.2, 0.25) is 0 Å². The van der Waals surface area contributed by atoms with Gasteiger partial charge in [-0.05, 0) is 52.0 Å². The summed E-state index contributed by atoms with van der Waals surface area (Å²) >= 11 is 0. The summed E-state index contributed by atoms with van der Waals surface area (Å²) in [7, 11) is 0.